The van der Waals surface area contributed by atoms with Gasteiger partial charge >= 0.3 is 0 Å². The average molecular weight is 453 g/mol. The van der Waals surface area contributed by atoms with Crippen molar-refractivity contribution in [2.45, 2.75) is 25.3 Å². The molecule has 3 aromatic rings. The zero-order valence-electron chi connectivity index (χ0n) is 16.7. The van der Waals surface area contributed by atoms with Crippen molar-refractivity contribution < 1.29 is 13.9 Å². The van der Waals surface area contributed by atoms with Crippen LogP contribution in [0.1, 0.15) is 35.1 Å². The van der Waals surface area contributed by atoms with Crippen LogP contribution >= 0.6 is 22.7 Å². The number of halogens is 1. The number of hydrogen-bond donors (Lipinski definition) is 0. The molecular weight excluding hydrogens is 431 g/mol. The van der Waals surface area contributed by atoms with Crippen LogP contribution in [-0.4, -0.2) is 23.2 Å². The fourth-order valence-electron chi connectivity index (χ4n) is 4.26. The summed E-state index contributed by atoms with van der Waals surface area (Å²) in [7, 11) is 0. The van der Waals surface area contributed by atoms with Crippen molar-refractivity contribution in [2.75, 3.05) is 6.61 Å². The molecule has 1 aliphatic carbocycles. The molecule has 1 aliphatic heterocycles. The van der Waals surface area contributed by atoms with Gasteiger partial charge in [0.1, 0.15) is 0 Å². The number of para-hydroxylation sites is 1. The molecule has 7 heteroatoms. The van der Waals surface area contributed by atoms with Gasteiger partial charge in [-0.05, 0) is 65.9 Å². The van der Waals surface area contributed by atoms with E-state index >= 15 is 0 Å². The number of hydrazone groups is 1. The van der Waals surface area contributed by atoms with E-state index in [2.05, 4.69) is 23.6 Å². The summed E-state index contributed by atoms with van der Waals surface area (Å²) < 4.78 is 19.4. The van der Waals surface area contributed by atoms with E-state index in [0.717, 1.165) is 29.9 Å². The molecule has 1 aromatic carbocycles. The molecule has 2 atom stereocenters. The molecule has 0 N–H and O–H groups in total. The monoisotopic (exact) mass is 452 g/mol. The van der Waals surface area contributed by atoms with Crippen LogP contribution in [0.2, 0.25) is 0 Å². The lowest BCUT2D eigenvalue weighted by atomic mass is 9.79. The first kappa shape index (κ1) is 20.2. The second-order valence-electron chi connectivity index (χ2n) is 7.59. The lowest BCUT2D eigenvalue weighted by Crippen LogP contribution is -2.34. The van der Waals surface area contributed by atoms with Gasteiger partial charge in [0.05, 0.1) is 11.8 Å². The first-order valence-corrected chi connectivity index (χ1v) is 12.0. The molecule has 2 aliphatic rings. The second-order valence-corrected chi connectivity index (χ2v) is 9.55. The Labute approximate surface area is 188 Å². The number of thiophene rings is 2. The van der Waals surface area contributed by atoms with Crippen LogP contribution in [0.25, 0.3) is 6.08 Å². The molecule has 31 heavy (non-hydrogen) atoms. The Kier molecular flexibility index (Phi) is 5.70. The van der Waals surface area contributed by atoms with Gasteiger partial charge in [-0.3, -0.25) is 4.79 Å². The summed E-state index contributed by atoms with van der Waals surface area (Å²) in [5.74, 6) is -0.506. The van der Waals surface area contributed by atoms with Crippen molar-refractivity contribution in [1.82, 2.24) is 5.01 Å². The quantitative estimate of drug-likeness (QED) is 0.466. The Morgan fingerprint density at radius 1 is 1.16 bits per heavy atom. The summed E-state index contributed by atoms with van der Waals surface area (Å²) in [4.78, 5) is 15.5. The Balaban J connectivity index is 1.44. The van der Waals surface area contributed by atoms with E-state index in [9.17, 15) is 9.18 Å². The number of carbonyl (C=O) groups is 1. The highest BCUT2D eigenvalue weighted by molar-refractivity contribution is 7.11. The third kappa shape index (κ3) is 4.07. The number of carbonyl (C=O) groups excluding carboxylic acids is 1. The summed E-state index contributed by atoms with van der Waals surface area (Å²) in [5.41, 5.74) is 2.20. The molecule has 0 saturated heterocycles. The highest BCUT2D eigenvalue weighted by Gasteiger charge is 2.44. The van der Waals surface area contributed by atoms with E-state index < -0.39 is 5.82 Å². The minimum absolute atomic E-state index is 0.0751. The maximum absolute atomic E-state index is 13.9. The van der Waals surface area contributed by atoms with Gasteiger partial charge in [0, 0.05) is 15.7 Å². The number of rotatable bonds is 5. The summed E-state index contributed by atoms with van der Waals surface area (Å²) in [6, 6.07) is 14.2. The van der Waals surface area contributed by atoms with Crippen molar-refractivity contribution in [3.05, 3.63) is 80.4 Å². The van der Waals surface area contributed by atoms with Crippen molar-refractivity contribution in [2.24, 2.45) is 11.0 Å². The Morgan fingerprint density at radius 2 is 2.00 bits per heavy atom. The van der Waals surface area contributed by atoms with Gasteiger partial charge in [-0.1, -0.05) is 24.3 Å². The molecule has 0 spiro atoms. The van der Waals surface area contributed by atoms with Crippen LogP contribution in [0.3, 0.4) is 0 Å². The SMILES string of the molecule is O=C(COc1ccccc1F)N1N=C2/C(=C\c3cccs3)CCC[C@H]2[C@H]1c1cccs1. The molecule has 4 nitrogen and oxygen atoms in total. The molecule has 3 heterocycles. The van der Waals surface area contributed by atoms with Gasteiger partial charge in [-0.15, -0.1) is 22.7 Å². The van der Waals surface area contributed by atoms with Crippen LogP contribution in [0.5, 0.6) is 5.75 Å². The van der Waals surface area contributed by atoms with Crippen molar-refractivity contribution in [3.63, 3.8) is 0 Å². The lowest BCUT2D eigenvalue weighted by Gasteiger charge is -2.28. The molecule has 1 fully saturated rings. The number of fused-ring (bicyclic) bond motifs is 1. The van der Waals surface area contributed by atoms with Crippen LogP contribution in [-0.2, 0) is 4.79 Å². The predicted molar refractivity (Wildman–Crippen MR) is 123 cm³/mol. The van der Waals surface area contributed by atoms with Crippen molar-refractivity contribution in [3.8, 4) is 5.75 Å². The van der Waals surface area contributed by atoms with Gasteiger partial charge in [0.15, 0.2) is 18.2 Å². The standard InChI is InChI=1S/C24H21FN2O2S2/c25-19-9-1-2-10-20(19)29-15-22(28)27-24(21-11-5-13-31-21)18-8-3-6-16(23(18)26-27)14-17-7-4-12-30-17/h1-2,4-5,7,9-14,18,24H,3,6,8,15H2/b16-14-/t18-,24+/m1/s1. The highest BCUT2D eigenvalue weighted by Crippen LogP contribution is 2.45. The van der Waals surface area contributed by atoms with E-state index in [4.69, 9.17) is 9.84 Å². The zero-order chi connectivity index (χ0) is 21.2. The van der Waals surface area contributed by atoms with Gasteiger partial charge in [0.2, 0.25) is 0 Å². The molecule has 158 valence electrons. The minimum Gasteiger partial charge on any atom is -0.481 e. The fraction of sp³-hybridized carbons (Fsp3) is 0.250. The van der Waals surface area contributed by atoms with E-state index in [1.807, 2.05) is 17.5 Å². The smallest absolute Gasteiger partial charge is 0.281 e. The molecule has 2 aromatic heterocycles. The normalized spacial score (nSPS) is 21.8. The number of hydrogen-bond acceptors (Lipinski definition) is 5. The van der Waals surface area contributed by atoms with E-state index in [1.54, 1.807) is 39.8 Å². The molecule has 0 unspecified atom stereocenters. The van der Waals surface area contributed by atoms with Crippen LogP contribution in [0, 0.1) is 11.7 Å². The maximum Gasteiger partial charge on any atom is 0.281 e. The average Bonchev–Trinajstić information content (AvgIpc) is 3.53. The number of amides is 1. The van der Waals surface area contributed by atoms with Crippen LogP contribution in [0.15, 0.2) is 70.0 Å². The summed E-state index contributed by atoms with van der Waals surface area (Å²) in [6.45, 7) is -0.254. The van der Waals surface area contributed by atoms with E-state index in [1.165, 1.54) is 22.6 Å². The van der Waals surface area contributed by atoms with Crippen LogP contribution in [0.4, 0.5) is 4.39 Å². The summed E-state index contributed by atoms with van der Waals surface area (Å²) >= 11 is 3.33. The maximum atomic E-state index is 13.9. The number of ether oxygens (including phenoxy) is 1. The first-order chi connectivity index (χ1) is 15.2. The summed E-state index contributed by atoms with van der Waals surface area (Å²) in [6.07, 6.45) is 5.21. The number of nitrogens with zero attached hydrogens (tertiary/aromatic N) is 2. The first-order valence-electron chi connectivity index (χ1n) is 10.3. The molecule has 0 bridgehead atoms. The van der Waals surface area contributed by atoms with Gasteiger partial charge < -0.3 is 4.74 Å². The molecule has 0 radical (unpaired) electrons. The van der Waals surface area contributed by atoms with Gasteiger partial charge in [-0.25, -0.2) is 9.40 Å². The third-order valence-corrected chi connectivity index (χ3v) is 7.40. The Bertz CT molecular complexity index is 1120. The molecular formula is C24H21FN2O2S2. The highest BCUT2D eigenvalue weighted by atomic mass is 32.1. The lowest BCUT2D eigenvalue weighted by molar-refractivity contribution is -0.135. The van der Waals surface area contributed by atoms with Gasteiger partial charge in [-0.2, -0.15) is 5.10 Å². The minimum atomic E-state index is -0.479. The summed E-state index contributed by atoms with van der Waals surface area (Å²) in [5, 5.41) is 10.5. The van der Waals surface area contributed by atoms with E-state index in [0.29, 0.717) is 0 Å². The topological polar surface area (TPSA) is 41.9 Å². The largest absolute Gasteiger partial charge is 0.481 e. The van der Waals surface area contributed by atoms with Gasteiger partial charge in [0.25, 0.3) is 5.91 Å². The predicted octanol–water partition coefficient (Wildman–Crippen LogP) is 6.15. The van der Waals surface area contributed by atoms with Crippen molar-refractivity contribution in [1.29, 1.82) is 0 Å². The fourth-order valence-corrected chi connectivity index (χ4v) is 5.81. The van der Waals surface area contributed by atoms with Crippen molar-refractivity contribution >= 4 is 40.4 Å². The Morgan fingerprint density at radius 3 is 2.77 bits per heavy atom. The molecule has 5 rings (SSSR count). The number of benzene rings is 1. The molecule has 1 amide bonds. The van der Waals surface area contributed by atoms with E-state index in [-0.39, 0.29) is 30.2 Å². The molecule has 1 saturated carbocycles. The number of allylic oxidation sites excluding steroid dienone is 1. The second kappa shape index (κ2) is 8.77. The van der Waals surface area contributed by atoms with Crippen LogP contribution < -0.4 is 4.74 Å². The Hall–Kier alpha value is -2.77. The third-order valence-electron chi connectivity index (χ3n) is 5.64. The zero-order valence-corrected chi connectivity index (χ0v) is 18.4.